The van der Waals surface area contributed by atoms with Crippen LogP contribution in [0.5, 0.6) is 17.2 Å². The fourth-order valence-electron chi connectivity index (χ4n) is 4.01. The summed E-state index contributed by atoms with van der Waals surface area (Å²) in [6, 6.07) is 21.3. The van der Waals surface area contributed by atoms with E-state index in [2.05, 4.69) is 54.7 Å². The Hall–Kier alpha value is -2.98. The number of rotatable bonds is 9. The van der Waals surface area contributed by atoms with Crippen LogP contribution in [0.4, 0.5) is 0 Å². The molecule has 3 aromatic carbocycles. The van der Waals surface area contributed by atoms with Crippen molar-refractivity contribution in [3.63, 3.8) is 0 Å². The van der Waals surface area contributed by atoms with Crippen LogP contribution in [0.2, 0.25) is 0 Å². The van der Waals surface area contributed by atoms with Gasteiger partial charge in [-0.05, 0) is 42.0 Å². The van der Waals surface area contributed by atoms with E-state index < -0.39 is 0 Å². The topological polar surface area (TPSA) is 39.7 Å². The molecule has 162 valence electrons. The van der Waals surface area contributed by atoms with E-state index in [-0.39, 0.29) is 0 Å². The van der Waals surface area contributed by atoms with Crippen molar-refractivity contribution >= 4 is 0 Å². The van der Waals surface area contributed by atoms with E-state index in [1.807, 2.05) is 18.2 Å². The van der Waals surface area contributed by atoms with Crippen LogP contribution in [0.3, 0.4) is 0 Å². The van der Waals surface area contributed by atoms with E-state index in [0.29, 0.717) is 12.6 Å². The average Bonchev–Trinajstić information content (AvgIpc) is 2.78. The van der Waals surface area contributed by atoms with Gasteiger partial charge in [0.15, 0.2) is 0 Å². The minimum Gasteiger partial charge on any atom is -0.496 e. The fourth-order valence-corrected chi connectivity index (χ4v) is 4.01. The van der Waals surface area contributed by atoms with Gasteiger partial charge in [0.1, 0.15) is 23.9 Å². The van der Waals surface area contributed by atoms with Gasteiger partial charge in [-0.1, -0.05) is 55.0 Å². The van der Waals surface area contributed by atoms with Crippen molar-refractivity contribution in [2.24, 2.45) is 0 Å². The van der Waals surface area contributed by atoms with E-state index in [1.165, 1.54) is 36.0 Å². The molecule has 0 heterocycles. The van der Waals surface area contributed by atoms with Gasteiger partial charge in [0.25, 0.3) is 0 Å². The lowest BCUT2D eigenvalue weighted by atomic mass is 9.93. The monoisotopic (exact) mass is 417 g/mol. The van der Waals surface area contributed by atoms with Gasteiger partial charge in [0.05, 0.1) is 19.8 Å². The molecule has 3 aromatic rings. The summed E-state index contributed by atoms with van der Waals surface area (Å²) in [5.41, 5.74) is 5.87. The molecule has 4 rings (SSSR count). The second-order valence-corrected chi connectivity index (χ2v) is 8.06. The molecule has 4 nitrogen and oxygen atoms in total. The molecule has 1 N–H and O–H groups in total. The summed E-state index contributed by atoms with van der Waals surface area (Å²) >= 11 is 0. The van der Waals surface area contributed by atoms with Crippen LogP contribution in [0.25, 0.3) is 11.1 Å². The van der Waals surface area contributed by atoms with Gasteiger partial charge in [-0.25, -0.2) is 0 Å². The molecule has 1 fully saturated rings. The maximum absolute atomic E-state index is 6.18. The molecule has 0 radical (unpaired) electrons. The van der Waals surface area contributed by atoms with Crippen molar-refractivity contribution in [2.45, 2.75) is 45.4 Å². The molecule has 0 unspecified atom stereocenters. The number of hydrogen-bond donors (Lipinski definition) is 1. The van der Waals surface area contributed by atoms with Gasteiger partial charge in [0, 0.05) is 24.7 Å². The fraction of sp³-hybridized carbons (Fsp3) is 0.333. The molecule has 0 amide bonds. The first-order valence-electron chi connectivity index (χ1n) is 10.9. The van der Waals surface area contributed by atoms with Crippen molar-refractivity contribution in [1.82, 2.24) is 5.32 Å². The Kier molecular flexibility index (Phi) is 6.78. The second kappa shape index (κ2) is 9.88. The van der Waals surface area contributed by atoms with Crippen LogP contribution < -0.4 is 19.5 Å². The molecular weight excluding hydrogens is 386 g/mol. The van der Waals surface area contributed by atoms with Crippen LogP contribution in [0.1, 0.15) is 36.0 Å². The van der Waals surface area contributed by atoms with Crippen molar-refractivity contribution in [2.75, 3.05) is 14.2 Å². The first-order chi connectivity index (χ1) is 15.2. The predicted octanol–water partition coefficient (Wildman–Crippen LogP) is 5.90. The predicted molar refractivity (Wildman–Crippen MR) is 125 cm³/mol. The highest BCUT2D eigenvalue weighted by Crippen LogP contribution is 2.35. The third-order valence-corrected chi connectivity index (χ3v) is 6.18. The van der Waals surface area contributed by atoms with Gasteiger partial charge >= 0.3 is 0 Å². The first kappa shape index (κ1) is 21.3. The maximum atomic E-state index is 6.18. The molecule has 0 aliphatic heterocycles. The van der Waals surface area contributed by atoms with Crippen LogP contribution in [0, 0.1) is 6.92 Å². The molecule has 1 aliphatic carbocycles. The lowest BCUT2D eigenvalue weighted by Gasteiger charge is -2.27. The Labute approximate surface area is 185 Å². The standard InChI is InChI=1S/C27H31NO3/c1-19-21(11-7-14-24(19)20-9-5-4-6-10-20)18-31-23-15-26(29-2)25(27(16-23)30-3)17-28-22-12-8-13-22/h4-7,9-11,14-16,22,28H,8,12-13,17-18H2,1-3H3. The summed E-state index contributed by atoms with van der Waals surface area (Å²) in [7, 11) is 3.39. The Morgan fingerprint density at radius 2 is 1.61 bits per heavy atom. The first-order valence-corrected chi connectivity index (χ1v) is 10.9. The third-order valence-electron chi connectivity index (χ3n) is 6.18. The maximum Gasteiger partial charge on any atom is 0.130 e. The Morgan fingerprint density at radius 3 is 2.23 bits per heavy atom. The number of benzene rings is 3. The zero-order valence-electron chi connectivity index (χ0n) is 18.6. The van der Waals surface area contributed by atoms with E-state index >= 15 is 0 Å². The van der Waals surface area contributed by atoms with E-state index in [0.717, 1.165) is 34.9 Å². The zero-order chi connectivity index (χ0) is 21.6. The van der Waals surface area contributed by atoms with Crippen LogP contribution in [0.15, 0.2) is 60.7 Å². The van der Waals surface area contributed by atoms with Crippen LogP contribution in [-0.2, 0) is 13.2 Å². The highest BCUT2D eigenvalue weighted by molar-refractivity contribution is 5.68. The summed E-state index contributed by atoms with van der Waals surface area (Å²) in [6.45, 7) is 3.37. The van der Waals surface area contributed by atoms with E-state index in [4.69, 9.17) is 14.2 Å². The molecule has 0 spiro atoms. The van der Waals surface area contributed by atoms with Crippen LogP contribution in [-0.4, -0.2) is 20.3 Å². The minimum absolute atomic E-state index is 0.485. The third kappa shape index (κ3) is 4.86. The molecule has 31 heavy (non-hydrogen) atoms. The molecule has 0 aromatic heterocycles. The van der Waals surface area contributed by atoms with Gasteiger partial charge in [0.2, 0.25) is 0 Å². The number of hydrogen-bond acceptors (Lipinski definition) is 4. The van der Waals surface area contributed by atoms with Gasteiger partial charge in [-0.3, -0.25) is 0 Å². The molecule has 4 heteroatoms. The molecule has 0 bridgehead atoms. The molecule has 0 atom stereocenters. The van der Waals surface area contributed by atoms with Gasteiger partial charge in [-0.15, -0.1) is 0 Å². The lowest BCUT2D eigenvalue weighted by Crippen LogP contribution is -2.34. The van der Waals surface area contributed by atoms with Crippen molar-refractivity contribution < 1.29 is 14.2 Å². The molecular formula is C27H31NO3. The number of nitrogens with one attached hydrogen (secondary N) is 1. The summed E-state index contributed by atoms with van der Waals surface area (Å²) in [6.07, 6.45) is 3.80. The molecule has 1 aliphatic rings. The molecule has 0 saturated heterocycles. The second-order valence-electron chi connectivity index (χ2n) is 8.06. The molecule has 1 saturated carbocycles. The summed E-state index contributed by atoms with van der Waals surface area (Å²) in [4.78, 5) is 0. The Balaban J connectivity index is 1.52. The van der Waals surface area contributed by atoms with E-state index in [9.17, 15) is 0 Å². The van der Waals surface area contributed by atoms with Gasteiger partial charge in [-0.2, -0.15) is 0 Å². The van der Waals surface area contributed by atoms with Crippen molar-refractivity contribution in [3.05, 3.63) is 77.4 Å². The number of ether oxygens (including phenoxy) is 3. The van der Waals surface area contributed by atoms with Crippen molar-refractivity contribution in [1.29, 1.82) is 0 Å². The summed E-state index contributed by atoms with van der Waals surface area (Å²) in [5.74, 6) is 2.32. The number of methoxy groups -OCH3 is 2. The lowest BCUT2D eigenvalue weighted by molar-refractivity contribution is 0.297. The SMILES string of the molecule is COc1cc(OCc2cccc(-c3ccccc3)c2C)cc(OC)c1CNC1CCC1. The van der Waals surface area contributed by atoms with Crippen LogP contribution >= 0.6 is 0 Å². The Morgan fingerprint density at radius 1 is 0.903 bits per heavy atom. The van der Waals surface area contributed by atoms with Crippen molar-refractivity contribution in [3.8, 4) is 28.4 Å². The highest BCUT2D eigenvalue weighted by atomic mass is 16.5. The van der Waals surface area contributed by atoms with E-state index in [1.54, 1.807) is 14.2 Å². The average molecular weight is 418 g/mol. The highest BCUT2D eigenvalue weighted by Gasteiger charge is 2.19. The largest absolute Gasteiger partial charge is 0.496 e. The minimum atomic E-state index is 0.485. The smallest absolute Gasteiger partial charge is 0.130 e. The zero-order valence-corrected chi connectivity index (χ0v) is 18.6. The Bertz CT molecular complexity index is 987. The normalized spacial score (nSPS) is 13.5. The van der Waals surface area contributed by atoms with Gasteiger partial charge < -0.3 is 19.5 Å². The summed E-state index contributed by atoms with van der Waals surface area (Å²) in [5, 5.41) is 3.59. The quantitative estimate of drug-likeness (QED) is 0.470. The summed E-state index contributed by atoms with van der Waals surface area (Å²) < 4.78 is 17.5.